The normalized spacial score (nSPS) is 23.9. The van der Waals surface area contributed by atoms with Crippen molar-refractivity contribution in [2.45, 2.75) is 46.0 Å². The van der Waals surface area contributed by atoms with E-state index >= 15 is 0 Å². The second-order valence-corrected chi connectivity index (χ2v) is 5.56. The maximum atomic E-state index is 12.6. The molecule has 0 spiro atoms. The Balaban J connectivity index is 2.56. The van der Waals surface area contributed by atoms with Gasteiger partial charge in [0.05, 0.1) is 12.0 Å². The maximum absolute atomic E-state index is 12.6. The van der Waals surface area contributed by atoms with Gasteiger partial charge in [-0.3, -0.25) is 4.79 Å². The average molecular weight is 256 g/mol. The molecule has 0 radical (unpaired) electrons. The number of amides is 1. The maximum Gasteiger partial charge on any atom is 0.229 e. The van der Waals surface area contributed by atoms with Crippen LogP contribution in [-0.2, 0) is 4.79 Å². The number of aliphatic hydroxyl groups is 1. The van der Waals surface area contributed by atoms with Crippen LogP contribution >= 0.6 is 0 Å². The zero-order valence-electron chi connectivity index (χ0n) is 11.9. The van der Waals surface area contributed by atoms with Gasteiger partial charge < -0.3 is 15.3 Å². The van der Waals surface area contributed by atoms with Crippen molar-refractivity contribution in [1.82, 2.24) is 10.2 Å². The van der Waals surface area contributed by atoms with Crippen LogP contribution in [0.15, 0.2) is 0 Å². The SMILES string of the molecule is CCCCCN(CCO)C(=O)C1(C)CCCNC1. The van der Waals surface area contributed by atoms with Gasteiger partial charge in [-0.1, -0.05) is 19.8 Å². The monoisotopic (exact) mass is 256 g/mol. The van der Waals surface area contributed by atoms with Gasteiger partial charge in [0, 0.05) is 19.6 Å². The number of aliphatic hydroxyl groups excluding tert-OH is 1. The summed E-state index contributed by atoms with van der Waals surface area (Å²) in [5.74, 6) is 0.208. The fourth-order valence-corrected chi connectivity index (χ4v) is 2.61. The number of hydrogen-bond donors (Lipinski definition) is 2. The van der Waals surface area contributed by atoms with E-state index in [1.54, 1.807) is 0 Å². The first kappa shape index (κ1) is 15.4. The van der Waals surface area contributed by atoms with E-state index in [0.29, 0.717) is 6.54 Å². The molecule has 0 aromatic carbocycles. The highest BCUT2D eigenvalue weighted by Gasteiger charge is 2.37. The van der Waals surface area contributed by atoms with Crippen molar-refractivity contribution in [3.05, 3.63) is 0 Å². The molecule has 1 rings (SSSR count). The molecular weight excluding hydrogens is 228 g/mol. The summed E-state index contributed by atoms with van der Waals surface area (Å²) in [5.41, 5.74) is -0.278. The van der Waals surface area contributed by atoms with Crippen LogP contribution in [0.2, 0.25) is 0 Å². The first-order chi connectivity index (χ1) is 8.64. The highest BCUT2D eigenvalue weighted by atomic mass is 16.3. The van der Waals surface area contributed by atoms with E-state index in [-0.39, 0.29) is 17.9 Å². The molecule has 0 aromatic heterocycles. The molecule has 1 amide bonds. The van der Waals surface area contributed by atoms with Crippen LogP contribution in [0, 0.1) is 5.41 Å². The number of carbonyl (C=O) groups excluding carboxylic acids is 1. The number of hydrogen-bond acceptors (Lipinski definition) is 3. The fourth-order valence-electron chi connectivity index (χ4n) is 2.61. The summed E-state index contributed by atoms with van der Waals surface area (Å²) in [4.78, 5) is 14.4. The standard InChI is InChI=1S/C14H28N2O2/c1-3-4-5-9-16(10-11-17)13(18)14(2)7-6-8-15-12-14/h15,17H,3-12H2,1-2H3. The van der Waals surface area contributed by atoms with E-state index in [0.717, 1.165) is 51.7 Å². The molecule has 2 N–H and O–H groups in total. The minimum absolute atomic E-state index is 0.0569. The molecule has 0 saturated carbocycles. The number of unbranched alkanes of at least 4 members (excludes halogenated alkanes) is 2. The van der Waals surface area contributed by atoms with Gasteiger partial charge >= 0.3 is 0 Å². The third kappa shape index (κ3) is 4.25. The lowest BCUT2D eigenvalue weighted by Crippen LogP contribution is -2.51. The Labute approximate surface area is 111 Å². The van der Waals surface area contributed by atoms with E-state index in [1.807, 2.05) is 11.8 Å². The second-order valence-electron chi connectivity index (χ2n) is 5.56. The van der Waals surface area contributed by atoms with Crippen molar-refractivity contribution >= 4 is 5.91 Å². The van der Waals surface area contributed by atoms with E-state index < -0.39 is 0 Å². The van der Waals surface area contributed by atoms with Crippen LogP contribution in [0.5, 0.6) is 0 Å². The molecule has 1 aliphatic rings. The van der Waals surface area contributed by atoms with Gasteiger partial charge in [0.15, 0.2) is 0 Å². The molecule has 18 heavy (non-hydrogen) atoms. The van der Waals surface area contributed by atoms with E-state index in [9.17, 15) is 4.79 Å². The average Bonchev–Trinajstić information content (AvgIpc) is 2.38. The molecule has 1 heterocycles. The topological polar surface area (TPSA) is 52.6 Å². The number of carbonyl (C=O) groups is 1. The number of rotatable bonds is 7. The molecule has 0 bridgehead atoms. The van der Waals surface area contributed by atoms with Crippen molar-refractivity contribution in [3.8, 4) is 0 Å². The molecule has 0 aromatic rings. The molecule has 4 heteroatoms. The van der Waals surface area contributed by atoms with Gasteiger partial charge in [-0.25, -0.2) is 0 Å². The van der Waals surface area contributed by atoms with Gasteiger partial charge in [0.2, 0.25) is 5.91 Å². The Morgan fingerprint density at radius 1 is 1.39 bits per heavy atom. The predicted molar refractivity (Wildman–Crippen MR) is 73.4 cm³/mol. The number of nitrogens with one attached hydrogen (secondary N) is 1. The molecule has 1 fully saturated rings. The summed E-state index contributed by atoms with van der Waals surface area (Å²) >= 11 is 0. The summed E-state index contributed by atoms with van der Waals surface area (Å²) in [7, 11) is 0. The lowest BCUT2D eigenvalue weighted by atomic mass is 9.81. The Bertz CT molecular complexity index is 250. The van der Waals surface area contributed by atoms with Crippen LogP contribution in [-0.4, -0.2) is 48.7 Å². The Hall–Kier alpha value is -0.610. The van der Waals surface area contributed by atoms with E-state index in [1.165, 1.54) is 0 Å². The predicted octanol–water partition coefficient (Wildman–Crippen LogP) is 1.39. The second kappa shape index (κ2) is 7.74. The van der Waals surface area contributed by atoms with Gasteiger partial charge in [0.25, 0.3) is 0 Å². The Kier molecular flexibility index (Phi) is 6.65. The molecule has 1 saturated heterocycles. The van der Waals surface area contributed by atoms with Gasteiger partial charge in [-0.15, -0.1) is 0 Å². The number of piperidine rings is 1. The summed E-state index contributed by atoms with van der Waals surface area (Å²) in [6.07, 6.45) is 5.34. The highest BCUT2D eigenvalue weighted by molar-refractivity contribution is 5.82. The molecule has 1 unspecified atom stereocenters. The number of nitrogens with zero attached hydrogens (tertiary/aromatic N) is 1. The summed E-state index contributed by atoms with van der Waals surface area (Å²) < 4.78 is 0. The molecule has 106 valence electrons. The van der Waals surface area contributed by atoms with Crippen molar-refractivity contribution in [2.75, 3.05) is 32.8 Å². The summed E-state index contributed by atoms with van der Waals surface area (Å²) in [6.45, 7) is 7.29. The van der Waals surface area contributed by atoms with Crippen LogP contribution in [0.1, 0.15) is 46.0 Å². The van der Waals surface area contributed by atoms with Crippen LogP contribution in [0.3, 0.4) is 0 Å². The zero-order valence-corrected chi connectivity index (χ0v) is 11.9. The fraction of sp³-hybridized carbons (Fsp3) is 0.929. The van der Waals surface area contributed by atoms with Gasteiger partial charge in [-0.2, -0.15) is 0 Å². The summed E-state index contributed by atoms with van der Waals surface area (Å²) in [6, 6.07) is 0. The summed E-state index contributed by atoms with van der Waals surface area (Å²) in [5, 5.41) is 12.4. The zero-order chi connectivity index (χ0) is 13.4. The first-order valence-corrected chi connectivity index (χ1v) is 7.25. The van der Waals surface area contributed by atoms with E-state index in [2.05, 4.69) is 12.2 Å². The van der Waals surface area contributed by atoms with Crippen molar-refractivity contribution < 1.29 is 9.90 Å². The minimum atomic E-state index is -0.278. The molecule has 4 nitrogen and oxygen atoms in total. The van der Waals surface area contributed by atoms with Crippen LogP contribution in [0.4, 0.5) is 0 Å². The van der Waals surface area contributed by atoms with Gasteiger partial charge in [0.1, 0.15) is 0 Å². The molecule has 1 aliphatic heterocycles. The molecule has 0 aliphatic carbocycles. The first-order valence-electron chi connectivity index (χ1n) is 7.25. The minimum Gasteiger partial charge on any atom is -0.395 e. The highest BCUT2D eigenvalue weighted by Crippen LogP contribution is 2.28. The lowest BCUT2D eigenvalue weighted by molar-refractivity contribution is -0.142. The van der Waals surface area contributed by atoms with Crippen LogP contribution < -0.4 is 5.32 Å². The third-order valence-corrected chi connectivity index (χ3v) is 3.80. The van der Waals surface area contributed by atoms with Gasteiger partial charge in [-0.05, 0) is 32.7 Å². The largest absolute Gasteiger partial charge is 0.395 e. The quantitative estimate of drug-likeness (QED) is 0.677. The lowest BCUT2D eigenvalue weighted by Gasteiger charge is -2.37. The van der Waals surface area contributed by atoms with E-state index in [4.69, 9.17) is 5.11 Å². The smallest absolute Gasteiger partial charge is 0.229 e. The molecule has 1 atom stereocenters. The Morgan fingerprint density at radius 3 is 2.72 bits per heavy atom. The van der Waals surface area contributed by atoms with Crippen molar-refractivity contribution in [2.24, 2.45) is 5.41 Å². The Morgan fingerprint density at radius 2 is 2.17 bits per heavy atom. The van der Waals surface area contributed by atoms with Crippen molar-refractivity contribution in [3.63, 3.8) is 0 Å². The van der Waals surface area contributed by atoms with Crippen molar-refractivity contribution in [1.29, 1.82) is 0 Å². The molecular formula is C14H28N2O2. The van der Waals surface area contributed by atoms with Crippen LogP contribution in [0.25, 0.3) is 0 Å². The third-order valence-electron chi connectivity index (χ3n) is 3.80.